The van der Waals surface area contributed by atoms with Crippen molar-refractivity contribution < 1.29 is 9.53 Å². The van der Waals surface area contributed by atoms with Gasteiger partial charge in [-0.15, -0.1) is 17.0 Å². The fourth-order valence-corrected chi connectivity index (χ4v) is 2.32. The van der Waals surface area contributed by atoms with Crippen molar-refractivity contribution in [2.24, 2.45) is 5.73 Å². The number of carbonyl (C=O) groups is 1. The zero-order chi connectivity index (χ0) is 14.9. The molecule has 0 aromatic heterocycles. The largest absolute Gasteiger partial charge is 0.381 e. The van der Waals surface area contributed by atoms with Gasteiger partial charge >= 0.3 is 0 Å². The number of primary amides is 1. The van der Waals surface area contributed by atoms with Gasteiger partial charge in [0.15, 0.2) is 0 Å². The van der Waals surface area contributed by atoms with Crippen LogP contribution in [0.3, 0.4) is 0 Å². The van der Waals surface area contributed by atoms with Gasteiger partial charge in [-0.25, -0.2) is 0 Å². The van der Waals surface area contributed by atoms with Gasteiger partial charge in [0, 0.05) is 13.0 Å². The van der Waals surface area contributed by atoms with Crippen LogP contribution >= 0.6 is 17.0 Å². The second-order valence-corrected chi connectivity index (χ2v) is 5.72. The molecule has 4 heteroatoms. The Morgan fingerprint density at radius 1 is 0.762 bits per heavy atom. The van der Waals surface area contributed by atoms with Gasteiger partial charge in [-0.3, -0.25) is 4.79 Å². The molecule has 1 amide bonds. The molecule has 0 saturated carbocycles. The summed E-state index contributed by atoms with van der Waals surface area (Å²) in [4.78, 5) is 10.5. The topological polar surface area (TPSA) is 52.3 Å². The normalized spacial score (nSPS) is 10.3. The third kappa shape index (κ3) is 22.3. The number of hydrogen-bond donors (Lipinski definition) is 1. The van der Waals surface area contributed by atoms with Crippen LogP contribution < -0.4 is 5.73 Å². The number of hydrogen-bond acceptors (Lipinski definition) is 2. The standard InChI is InChI=1S/C17H35NO2.BrH/c1-2-3-4-5-6-7-8-9-10-11-12-13-15-20-16-14-17(18)19;/h2-16H2,1H3,(H2,18,19);1H. The number of unbranched alkanes of at least 4 members (excludes halogenated alkanes) is 11. The monoisotopic (exact) mass is 365 g/mol. The molecule has 0 spiro atoms. The van der Waals surface area contributed by atoms with E-state index in [1.165, 1.54) is 70.6 Å². The first-order valence-electron chi connectivity index (χ1n) is 8.63. The zero-order valence-electron chi connectivity index (χ0n) is 13.9. The molecule has 0 aliphatic heterocycles. The molecule has 0 bridgehead atoms. The van der Waals surface area contributed by atoms with Crippen LogP contribution in [0.25, 0.3) is 0 Å². The molecular weight excluding hydrogens is 330 g/mol. The van der Waals surface area contributed by atoms with Crippen molar-refractivity contribution in [2.45, 2.75) is 90.4 Å². The predicted octanol–water partition coefficient (Wildman–Crippen LogP) is 5.16. The number of halogens is 1. The van der Waals surface area contributed by atoms with Crippen molar-refractivity contribution in [1.82, 2.24) is 0 Å². The number of nitrogens with two attached hydrogens (primary N) is 1. The van der Waals surface area contributed by atoms with Crippen molar-refractivity contribution in [3.63, 3.8) is 0 Å². The summed E-state index contributed by atoms with van der Waals surface area (Å²) in [6.07, 6.45) is 16.6. The first-order valence-corrected chi connectivity index (χ1v) is 8.63. The Morgan fingerprint density at radius 2 is 1.19 bits per heavy atom. The molecule has 0 unspecified atom stereocenters. The molecule has 0 radical (unpaired) electrons. The molecule has 0 fully saturated rings. The predicted molar refractivity (Wildman–Crippen MR) is 96.0 cm³/mol. The molecule has 0 aromatic rings. The van der Waals surface area contributed by atoms with Crippen molar-refractivity contribution in [1.29, 1.82) is 0 Å². The number of ether oxygens (including phenoxy) is 1. The summed E-state index contributed by atoms with van der Waals surface area (Å²) < 4.78 is 5.34. The highest BCUT2D eigenvalue weighted by Gasteiger charge is 1.95. The molecule has 0 saturated heterocycles. The molecule has 0 aliphatic rings. The van der Waals surface area contributed by atoms with Crippen LogP contribution in [0.5, 0.6) is 0 Å². The van der Waals surface area contributed by atoms with E-state index in [9.17, 15) is 4.79 Å². The molecule has 2 N–H and O–H groups in total. The van der Waals surface area contributed by atoms with E-state index >= 15 is 0 Å². The Hall–Kier alpha value is -0.0900. The SMILES string of the molecule is Br.CCCCCCCCCCCCCCOCCC(N)=O. The van der Waals surface area contributed by atoms with Crippen LogP contribution in [0, 0.1) is 0 Å². The summed E-state index contributed by atoms with van der Waals surface area (Å²) in [7, 11) is 0. The molecule has 0 aliphatic carbocycles. The summed E-state index contributed by atoms with van der Waals surface area (Å²) in [5.41, 5.74) is 5.03. The highest BCUT2D eigenvalue weighted by molar-refractivity contribution is 8.93. The van der Waals surface area contributed by atoms with Crippen molar-refractivity contribution in [3.8, 4) is 0 Å². The maximum atomic E-state index is 10.5. The molecular formula is C17H36BrNO2. The number of rotatable bonds is 16. The minimum Gasteiger partial charge on any atom is -0.381 e. The van der Waals surface area contributed by atoms with Crippen LogP contribution in [-0.2, 0) is 9.53 Å². The minimum atomic E-state index is -0.278. The molecule has 3 nitrogen and oxygen atoms in total. The van der Waals surface area contributed by atoms with Gasteiger partial charge in [-0.2, -0.15) is 0 Å². The molecule has 128 valence electrons. The van der Waals surface area contributed by atoms with Gasteiger partial charge in [0.05, 0.1) is 6.61 Å². The van der Waals surface area contributed by atoms with Crippen LogP contribution in [0.4, 0.5) is 0 Å². The van der Waals surface area contributed by atoms with Crippen LogP contribution in [0.1, 0.15) is 90.4 Å². The van der Waals surface area contributed by atoms with Crippen molar-refractivity contribution >= 4 is 22.9 Å². The Morgan fingerprint density at radius 3 is 1.62 bits per heavy atom. The molecule has 21 heavy (non-hydrogen) atoms. The molecule has 0 rings (SSSR count). The maximum absolute atomic E-state index is 10.5. The smallest absolute Gasteiger partial charge is 0.219 e. The Bertz CT molecular complexity index is 213. The third-order valence-corrected chi connectivity index (χ3v) is 3.64. The second kappa shape index (κ2) is 19.9. The Labute approximate surface area is 142 Å². The molecule has 0 aromatic carbocycles. The fraction of sp³-hybridized carbons (Fsp3) is 0.941. The van der Waals surface area contributed by atoms with Gasteiger partial charge in [0.25, 0.3) is 0 Å². The van der Waals surface area contributed by atoms with Gasteiger partial charge in [-0.05, 0) is 6.42 Å². The van der Waals surface area contributed by atoms with E-state index in [0.717, 1.165) is 13.0 Å². The lowest BCUT2D eigenvalue weighted by Gasteiger charge is -2.04. The lowest BCUT2D eigenvalue weighted by molar-refractivity contribution is -0.119. The Kier molecular flexibility index (Phi) is 22.0. The van der Waals surface area contributed by atoms with Crippen molar-refractivity contribution in [3.05, 3.63) is 0 Å². The van der Waals surface area contributed by atoms with E-state index in [-0.39, 0.29) is 22.9 Å². The first kappa shape index (κ1) is 23.2. The maximum Gasteiger partial charge on any atom is 0.219 e. The number of amides is 1. The van der Waals surface area contributed by atoms with Gasteiger partial charge < -0.3 is 10.5 Å². The lowest BCUT2D eigenvalue weighted by atomic mass is 10.1. The summed E-state index contributed by atoms with van der Waals surface area (Å²) >= 11 is 0. The second-order valence-electron chi connectivity index (χ2n) is 5.72. The van der Waals surface area contributed by atoms with Gasteiger partial charge in [-0.1, -0.05) is 77.6 Å². The lowest BCUT2D eigenvalue weighted by Crippen LogP contribution is -2.13. The summed E-state index contributed by atoms with van der Waals surface area (Å²) in [5.74, 6) is -0.278. The first-order chi connectivity index (χ1) is 9.77. The highest BCUT2D eigenvalue weighted by Crippen LogP contribution is 2.11. The summed E-state index contributed by atoms with van der Waals surface area (Å²) in [6.45, 7) is 3.51. The third-order valence-electron chi connectivity index (χ3n) is 3.64. The van der Waals surface area contributed by atoms with E-state index in [4.69, 9.17) is 10.5 Å². The van der Waals surface area contributed by atoms with Crippen LogP contribution in [-0.4, -0.2) is 19.1 Å². The average Bonchev–Trinajstić information content (AvgIpc) is 2.43. The van der Waals surface area contributed by atoms with Crippen LogP contribution in [0.2, 0.25) is 0 Å². The van der Waals surface area contributed by atoms with Crippen molar-refractivity contribution in [2.75, 3.05) is 13.2 Å². The Balaban J connectivity index is 0. The zero-order valence-corrected chi connectivity index (χ0v) is 15.6. The van der Waals surface area contributed by atoms with E-state index in [0.29, 0.717) is 13.0 Å². The number of carbonyl (C=O) groups excluding carboxylic acids is 1. The van der Waals surface area contributed by atoms with Crippen LogP contribution in [0.15, 0.2) is 0 Å². The van der Waals surface area contributed by atoms with Gasteiger partial charge in [0.1, 0.15) is 0 Å². The van der Waals surface area contributed by atoms with Gasteiger partial charge in [0.2, 0.25) is 5.91 Å². The summed E-state index contributed by atoms with van der Waals surface area (Å²) in [5, 5.41) is 0. The molecule has 0 heterocycles. The fourth-order valence-electron chi connectivity index (χ4n) is 2.32. The quantitative estimate of drug-likeness (QED) is 0.384. The van der Waals surface area contributed by atoms with E-state index < -0.39 is 0 Å². The minimum absolute atomic E-state index is 0. The highest BCUT2D eigenvalue weighted by atomic mass is 79.9. The van der Waals surface area contributed by atoms with E-state index in [2.05, 4.69) is 6.92 Å². The van der Waals surface area contributed by atoms with E-state index in [1.807, 2.05) is 0 Å². The summed E-state index contributed by atoms with van der Waals surface area (Å²) in [6, 6.07) is 0. The van der Waals surface area contributed by atoms with E-state index in [1.54, 1.807) is 0 Å². The molecule has 0 atom stereocenters. The average molecular weight is 366 g/mol.